The normalized spacial score (nSPS) is 10.7. The van der Waals surface area contributed by atoms with Crippen LogP contribution in [-0.2, 0) is 19.7 Å². The summed E-state index contributed by atoms with van der Waals surface area (Å²) in [6.45, 7) is 3.31. The van der Waals surface area contributed by atoms with Gasteiger partial charge in [-0.3, -0.25) is 9.48 Å². The summed E-state index contributed by atoms with van der Waals surface area (Å²) in [5, 5.41) is 8.95. The molecule has 0 aliphatic heterocycles. The van der Waals surface area contributed by atoms with Crippen molar-refractivity contribution in [2.24, 2.45) is 0 Å². The molecule has 0 saturated heterocycles. The number of carbonyl (C=O) groups excluding carboxylic acids is 1. The number of amides is 1. The number of para-hydroxylation sites is 1. The number of ether oxygens (including phenoxy) is 1. The van der Waals surface area contributed by atoms with Gasteiger partial charge in [0.2, 0.25) is 0 Å². The van der Waals surface area contributed by atoms with Crippen LogP contribution in [0.5, 0.6) is 5.75 Å². The van der Waals surface area contributed by atoms with Crippen LogP contribution >= 0.6 is 27.3 Å². The molecule has 1 amide bonds. The molecule has 2 heterocycles. The molecule has 0 fully saturated rings. The van der Waals surface area contributed by atoms with E-state index in [1.165, 1.54) is 17.4 Å². The summed E-state index contributed by atoms with van der Waals surface area (Å²) in [7, 11) is 0. The molecular weight excluding hydrogens is 421 g/mol. The third kappa shape index (κ3) is 4.31. The molecule has 0 radical (unpaired) electrons. The largest absolute Gasteiger partial charge is 0.486 e. The molecule has 2 aromatic heterocycles. The lowest BCUT2D eigenvalue weighted by molar-refractivity contribution is 0.0954. The molecule has 136 valence electrons. The number of aromatic nitrogens is 2. The average Bonchev–Trinajstić information content (AvgIpc) is 3.25. The summed E-state index contributed by atoms with van der Waals surface area (Å²) < 4.78 is 21.7. The Labute approximate surface area is 162 Å². The van der Waals surface area contributed by atoms with Gasteiger partial charge in [0.05, 0.1) is 27.8 Å². The van der Waals surface area contributed by atoms with Crippen molar-refractivity contribution in [3.05, 3.63) is 68.3 Å². The van der Waals surface area contributed by atoms with Crippen molar-refractivity contribution in [3.63, 3.8) is 0 Å². The second-order valence-corrected chi connectivity index (χ2v) is 7.24. The zero-order valence-corrected chi connectivity index (χ0v) is 16.4. The van der Waals surface area contributed by atoms with E-state index in [-0.39, 0.29) is 18.3 Å². The van der Waals surface area contributed by atoms with Gasteiger partial charge in [-0.25, -0.2) is 4.39 Å². The van der Waals surface area contributed by atoms with E-state index in [1.807, 2.05) is 17.0 Å². The Kier molecular flexibility index (Phi) is 6.05. The molecule has 0 spiro atoms. The Morgan fingerprint density at radius 3 is 3.00 bits per heavy atom. The van der Waals surface area contributed by atoms with Crippen LogP contribution in [0.15, 0.2) is 46.4 Å². The highest BCUT2D eigenvalue weighted by Gasteiger charge is 2.13. The predicted octanol–water partition coefficient (Wildman–Crippen LogP) is 4.38. The smallest absolute Gasteiger partial charge is 0.261 e. The molecule has 3 aromatic rings. The molecule has 8 heteroatoms. The van der Waals surface area contributed by atoms with Crippen molar-refractivity contribution >= 4 is 33.2 Å². The summed E-state index contributed by atoms with van der Waals surface area (Å²) in [6.07, 6.45) is 1.72. The number of thiophene rings is 1. The molecule has 0 aliphatic carbocycles. The van der Waals surface area contributed by atoms with Crippen molar-refractivity contribution in [2.45, 2.75) is 26.6 Å². The third-order valence-corrected chi connectivity index (χ3v) is 5.36. The molecule has 0 atom stereocenters. The van der Waals surface area contributed by atoms with Gasteiger partial charge >= 0.3 is 0 Å². The van der Waals surface area contributed by atoms with E-state index in [4.69, 9.17) is 4.74 Å². The number of nitrogens with zero attached hydrogens (tertiary/aromatic N) is 2. The fourth-order valence-electron chi connectivity index (χ4n) is 2.38. The van der Waals surface area contributed by atoms with Gasteiger partial charge in [0, 0.05) is 12.1 Å². The zero-order chi connectivity index (χ0) is 18.5. The van der Waals surface area contributed by atoms with E-state index in [0.717, 1.165) is 22.3 Å². The van der Waals surface area contributed by atoms with Crippen LogP contribution < -0.4 is 10.1 Å². The molecule has 0 bridgehead atoms. The van der Waals surface area contributed by atoms with Gasteiger partial charge in [-0.1, -0.05) is 12.1 Å². The van der Waals surface area contributed by atoms with Gasteiger partial charge in [-0.05, 0) is 46.4 Å². The maximum absolute atomic E-state index is 13.6. The quantitative estimate of drug-likeness (QED) is 0.596. The van der Waals surface area contributed by atoms with Crippen LogP contribution in [0.4, 0.5) is 4.39 Å². The third-order valence-electron chi connectivity index (χ3n) is 3.72. The van der Waals surface area contributed by atoms with Crippen molar-refractivity contribution in [2.75, 3.05) is 0 Å². The lowest BCUT2D eigenvalue weighted by Gasteiger charge is -2.07. The maximum Gasteiger partial charge on any atom is 0.261 e. The lowest BCUT2D eigenvalue weighted by atomic mass is 10.3. The minimum atomic E-state index is -0.404. The summed E-state index contributed by atoms with van der Waals surface area (Å²) >= 11 is 4.77. The van der Waals surface area contributed by atoms with E-state index >= 15 is 0 Å². The summed E-state index contributed by atoms with van der Waals surface area (Å²) in [5.74, 6) is -0.371. The number of nitrogens with one attached hydrogen (secondary N) is 1. The number of hydrogen-bond donors (Lipinski definition) is 1. The van der Waals surface area contributed by atoms with E-state index in [0.29, 0.717) is 11.4 Å². The first kappa shape index (κ1) is 18.6. The minimum absolute atomic E-state index is 0.164. The van der Waals surface area contributed by atoms with Gasteiger partial charge in [0.25, 0.3) is 5.91 Å². The van der Waals surface area contributed by atoms with Gasteiger partial charge in [-0.15, -0.1) is 11.3 Å². The number of aryl methyl sites for hydroxylation is 1. The average molecular weight is 438 g/mol. The molecule has 0 aliphatic rings. The van der Waals surface area contributed by atoms with Crippen LogP contribution in [0.1, 0.15) is 27.9 Å². The van der Waals surface area contributed by atoms with Gasteiger partial charge in [0.1, 0.15) is 6.61 Å². The highest BCUT2D eigenvalue weighted by molar-refractivity contribution is 9.10. The molecule has 1 N–H and O–H groups in total. The van der Waals surface area contributed by atoms with Gasteiger partial charge < -0.3 is 10.1 Å². The first-order valence-corrected chi connectivity index (χ1v) is 9.69. The molecular formula is C18H17BrFN3O2S. The zero-order valence-electron chi connectivity index (χ0n) is 14.0. The monoisotopic (exact) mass is 437 g/mol. The fourth-order valence-corrected chi connectivity index (χ4v) is 3.63. The van der Waals surface area contributed by atoms with Crippen molar-refractivity contribution in [1.82, 2.24) is 15.1 Å². The van der Waals surface area contributed by atoms with Crippen LogP contribution in [-0.4, -0.2) is 15.7 Å². The van der Waals surface area contributed by atoms with Crippen molar-refractivity contribution in [1.29, 1.82) is 0 Å². The van der Waals surface area contributed by atoms with E-state index < -0.39 is 5.82 Å². The van der Waals surface area contributed by atoms with Crippen LogP contribution in [0.25, 0.3) is 0 Å². The van der Waals surface area contributed by atoms with E-state index in [9.17, 15) is 9.18 Å². The second-order valence-electron chi connectivity index (χ2n) is 5.48. The Morgan fingerprint density at radius 2 is 2.23 bits per heavy atom. The number of benzene rings is 1. The lowest BCUT2D eigenvalue weighted by Crippen LogP contribution is -2.23. The predicted molar refractivity (Wildman–Crippen MR) is 102 cm³/mol. The SMILES string of the molecule is CCn1ncc(Br)c1CNC(=O)c1cc(COc2ccccc2F)cs1. The van der Waals surface area contributed by atoms with Crippen LogP contribution in [0, 0.1) is 5.82 Å². The fraction of sp³-hybridized carbons (Fsp3) is 0.222. The highest BCUT2D eigenvalue weighted by Crippen LogP contribution is 2.21. The molecule has 5 nitrogen and oxygen atoms in total. The number of carbonyl (C=O) groups is 1. The highest BCUT2D eigenvalue weighted by atomic mass is 79.9. The van der Waals surface area contributed by atoms with E-state index in [1.54, 1.807) is 30.5 Å². The Hall–Kier alpha value is -2.19. The summed E-state index contributed by atoms with van der Waals surface area (Å²) in [5.41, 5.74) is 1.74. The number of rotatable bonds is 7. The standard InChI is InChI=1S/C18H17BrFN3O2S/c1-2-23-15(13(19)8-22-23)9-21-18(24)17-7-12(11-26-17)10-25-16-6-4-3-5-14(16)20/h3-8,11H,2,9-10H2,1H3,(H,21,24). The molecule has 1 aromatic carbocycles. The first-order valence-electron chi connectivity index (χ1n) is 8.01. The maximum atomic E-state index is 13.6. The van der Waals surface area contributed by atoms with Crippen LogP contribution in [0.3, 0.4) is 0 Å². The molecule has 0 unspecified atom stereocenters. The van der Waals surface area contributed by atoms with Crippen molar-refractivity contribution < 1.29 is 13.9 Å². The Bertz CT molecular complexity index is 909. The number of hydrogen-bond acceptors (Lipinski definition) is 4. The summed E-state index contributed by atoms with van der Waals surface area (Å²) in [4.78, 5) is 12.9. The van der Waals surface area contributed by atoms with Gasteiger partial charge in [0.15, 0.2) is 11.6 Å². The van der Waals surface area contributed by atoms with E-state index in [2.05, 4.69) is 26.3 Å². The Morgan fingerprint density at radius 1 is 1.42 bits per heavy atom. The molecule has 3 rings (SSSR count). The first-order chi connectivity index (χ1) is 12.6. The van der Waals surface area contributed by atoms with Gasteiger partial charge in [-0.2, -0.15) is 5.10 Å². The topological polar surface area (TPSA) is 56.2 Å². The molecule has 0 saturated carbocycles. The van der Waals surface area contributed by atoms with Crippen LogP contribution in [0.2, 0.25) is 0 Å². The minimum Gasteiger partial charge on any atom is -0.486 e. The van der Waals surface area contributed by atoms with Crippen molar-refractivity contribution in [3.8, 4) is 5.75 Å². The Balaban J connectivity index is 1.58. The second kappa shape index (κ2) is 8.46. The number of halogens is 2. The summed E-state index contributed by atoms with van der Waals surface area (Å²) in [6, 6.07) is 8.00. The molecule has 26 heavy (non-hydrogen) atoms.